The first-order chi connectivity index (χ1) is 21.2. The van der Waals surface area contributed by atoms with Crippen LogP contribution < -0.4 is 27.0 Å². The average Bonchev–Trinajstić information content (AvgIpc) is 3.50. The maximum atomic E-state index is 13.8. The first kappa shape index (κ1) is 37.7. The van der Waals surface area contributed by atoms with Crippen molar-refractivity contribution >= 4 is 40.7 Å². The third-order valence-corrected chi connectivity index (χ3v) is 8.74. The van der Waals surface area contributed by atoms with E-state index in [1.165, 1.54) is 11.3 Å². The van der Waals surface area contributed by atoms with Gasteiger partial charge in [0.1, 0.15) is 12.1 Å². The van der Waals surface area contributed by atoms with Crippen LogP contribution in [0, 0.1) is 18.8 Å². The van der Waals surface area contributed by atoms with Crippen molar-refractivity contribution in [3.05, 3.63) is 52.2 Å². The Kier molecular flexibility index (Phi) is 15.5. The number of carboxylic acid groups (broad SMARTS) is 1. The van der Waals surface area contributed by atoms with Crippen molar-refractivity contribution in [3.63, 3.8) is 0 Å². The van der Waals surface area contributed by atoms with E-state index in [-0.39, 0.29) is 31.1 Å². The van der Waals surface area contributed by atoms with Crippen LogP contribution in [0.1, 0.15) is 70.7 Å². The second kappa shape index (κ2) is 18.5. The molecule has 0 spiro atoms. The minimum absolute atomic E-state index is 0.0732. The number of hydrogen-bond acceptors (Lipinski definition) is 8. The summed E-state index contributed by atoms with van der Waals surface area (Å²) in [5, 5.41) is 34.0. The number of nitrogens with two attached hydrogens (primary N) is 1. The van der Waals surface area contributed by atoms with Gasteiger partial charge in [-0.25, -0.2) is 0 Å². The first-order valence-electron chi connectivity index (χ1n) is 15.6. The zero-order valence-electron chi connectivity index (χ0n) is 27.2. The fourth-order valence-electron chi connectivity index (χ4n) is 4.89. The first-order valence-corrected chi connectivity index (χ1v) is 16.5. The molecule has 1 heterocycles. The summed E-state index contributed by atoms with van der Waals surface area (Å²) in [6, 6.07) is 7.50. The number of anilines is 1. The number of carbonyl (C=O) groups excluding carboxylic acids is 3. The number of amides is 3. The number of carboxylic acids is 1. The summed E-state index contributed by atoms with van der Waals surface area (Å²) in [5.74, 6) is -2.83. The fourth-order valence-corrected chi connectivity index (χ4v) is 5.65. The third kappa shape index (κ3) is 12.8. The Balaban J connectivity index is 2.25. The summed E-state index contributed by atoms with van der Waals surface area (Å²) in [6.45, 7) is 11.6. The lowest BCUT2D eigenvalue weighted by Crippen LogP contribution is -2.60. The molecule has 2 rings (SSSR count). The van der Waals surface area contributed by atoms with Gasteiger partial charge in [-0.3, -0.25) is 19.2 Å². The predicted octanol–water partition coefficient (Wildman–Crippen LogP) is 3.20. The van der Waals surface area contributed by atoms with Crippen LogP contribution in [0.3, 0.4) is 0 Å². The van der Waals surface area contributed by atoms with E-state index in [0.29, 0.717) is 12.8 Å². The van der Waals surface area contributed by atoms with Gasteiger partial charge in [0.15, 0.2) is 0 Å². The van der Waals surface area contributed by atoms with Gasteiger partial charge in [-0.1, -0.05) is 57.9 Å². The number of nitrogens with one attached hydrogen (secondary N) is 4. The number of benzene rings is 1. The lowest BCUT2D eigenvalue weighted by atomic mass is 9.94. The van der Waals surface area contributed by atoms with E-state index in [1.807, 2.05) is 76.4 Å². The largest absolute Gasteiger partial charge is 0.481 e. The summed E-state index contributed by atoms with van der Waals surface area (Å²) < 4.78 is 0. The minimum Gasteiger partial charge on any atom is -0.481 e. The molecule has 8 N–H and O–H groups in total. The number of aryl methyl sites for hydroxylation is 1. The molecule has 0 aliphatic rings. The second-order valence-corrected chi connectivity index (χ2v) is 13.3. The highest BCUT2D eigenvalue weighted by molar-refractivity contribution is 7.09. The molecule has 7 atom stereocenters. The molecule has 250 valence electrons. The van der Waals surface area contributed by atoms with Crippen LogP contribution >= 0.6 is 11.3 Å². The summed E-state index contributed by atoms with van der Waals surface area (Å²) >= 11 is 1.46. The van der Waals surface area contributed by atoms with E-state index in [4.69, 9.17) is 10.8 Å². The Morgan fingerprint density at radius 2 is 1.60 bits per heavy atom. The molecule has 0 unspecified atom stereocenters. The normalized spacial score (nSPS) is 16.0. The summed E-state index contributed by atoms with van der Waals surface area (Å²) in [4.78, 5) is 52.1. The smallest absolute Gasteiger partial charge is 0.303 e. The Labute approximate surface area is 270 Å². The third-order valence-electron chi connectivity index (χ3n) is 7.84. The van der Waals surface area contributed by atoms with Crippen molar-refractivity contribution in [1.29, 1.82) is 0 Å². The molecule has 3 amide bonds. The number of hydrogen-bond donors (Lipinski definition) is 7. The van der Waals surface area contributed by atoms with Gasteiger partial charge in [0, 0.05) is 23.4 Å². The van der Waals surface area contributed by atoms with E-state index in [2.05, 4.69) is 21.3 Å². The SMILES string of the molecule is CC[C@H](C)[C@H](NC(=O)[C@@H](N)CCC(=O)O)C(=O)N[C@@H](Cc1cccs1)C(=O)N[C@@H](CC(C)C)[C@@H](O)[C@H](C)Nc1ccc(C)cc1. The van der Waals surface area contributed by atoms with Crippen molar-refractivity contribution in [2.75, 3.05) is 5.32 Å². The van der Waals surface area contributed by atoms with Crippen LogP contribution in [0.15, 0.2) is 41.8 Å². The van der Waals surface area contributed by atoms with Crippen molar-refractivity contribution in [3.8, 4) is 0 Å². The van der Waals surface area contributed by atoms with E-state index in [1.54, 1.807) is 6.92 Å². The lowest BCUT2D eigenvalue weighted by molar-refractivity contribution is -0.137. The Morgan fingerprint density at radius 1 is 0.933 bits per heavy atom. The van der Waals surface area contributed by atoms with E-state index >= 15 is 0 Å². The van der Waals surface area contributed by atoms with Crippen LogP contribution in [0.4, 0.5) is 5.69 Å². The van der Waals surface area contributed by atoms with Crippen LogP contribution in [0.2, 0.25) is 0 Å². The number of aliphatic hydroxyl groups is 1. The van der Waals surface area contributed by atoms with Gasteiger partial charge in [0.2, 0.25) is 17.7 Å². The van der Waals surface area contributed by atoms with Gasteiger partial charge < -0.3 is 37.2 Å². The number of carbonyl (C=O) groups is 4. The summed E-state index contributed by atoms with van der Waals surface area (Å²) in [5.41, 5.74) is 7.87. The Morgan fingerprint density at radius 3 is 2.16 bits per heavy atom. The molecular formula is C33H51N5O6S. The van der Waals surface area contributed by atoms with Gasteiger partial charge in [-0.2, -0.15) is 0 Å². The Bertz CT molecular complexity index is 1220. The van der Waals surface area contributed by atoms with Gasteiger partial charge in [0.05, 0.1) is 24.2 Å². The second-order valence-electron chi connectivity index (χ2n) is 12.3. The van der Waals surface area contributed by atoms with Crippen molar-refractivity contribution in [2.45, 2.75) is 110 Å². The molecule has 12 heteroatoms. The summed E-state index contributed by atoms with van der Waals surface area (Å²) in [7, 11) is 0. The highest BCUT2D eigenvalue weighted by Gasteiger charge is 2.34. The molecule has 1 aromatic carbocycles. The number of aliphatic carboxylic acids is 1. The zero-order valence-corrected chi connectivity index (χ0v) is 28.0. The van der Waals surface area contributed by atoms with Crippen molar-refractivity contribution in [1.82, 2.24) is 16.0 Å². The van der Waals surface area contributed by atoms with Crippen LogP contribution in [-0.4, -0.2) is 70.2 Å². The van der Waals surface area contributed by atoms with Crippen LogP contribution in [-0.2, 0) is 25.6 Å². The molecule has 0 radical (unpaired) electrons. The van der Waals surface area contributed by atoms with Crippen molar-refractivity contribution < 1.29 is 29.4 Å². The standard InChI is InChI=1S/C33H51N5O6S/c1-7-21(5)29(38-31(42)25(34)14-15-28(39)40)33(44)37-27(18-24-9-8-16-45-24)32(43)36-26(17-19(2)3)30(41)22(6)35-23-12-10-20(4)11-13-23/h8-13,16,19,21-22,25-27,29-30,35,41H,7,14-15,17-18,34H2,1-6H3,(H,36,43)(H,37,44)(H,38,42)(H,39,40)/t21-,22-,25-,26-,27-,29-,30-/m0/s1. The molecule has 0 fully saturated rings. The van der Waals surface area contributed by atoms with Crippen LogP contribution in [0.5, 0.6) is 0 Å². The van der Waals surface area contributed by atoms with Gasteiger partial charge in [-0.15, -0.1) is 11.3 Å². The lowest BCUT2D eigenvalue weighted by Gasteiger charge is -2.32. The molecule has 0 saturated heterocycles. The highest BCUT2D eigenvalue weighted by Crippen LogP contribution is 2.18. The average molecular weight is 646 g/mol. The molecular weight excluding hydrogens is 594 g/mol. The van der Waals surface area contributed by atoms with Crippen molar-refractivity contribution in [2.24, 2.45) is 17.6 Å². The molecule has 0 aliphatic carbocycles. The number of rotatable bonds is 19. The van der Waals surface area contributed by atoms with E-state index in [9.17, 15) is 24.3 Å². The Hall–Kier alpha value is -3.48. The molecule has 11 nitrogen and oxygen atoms in total. The monoisotopic (exact) mass is 645 g/mol. The molecule has 2 aromatic rings. The molecule has 0 aliphatic heterocycles. The highest BCUT2D eigenvalue weighted by atomic mass is 32.1. The zero-order chi connectivity index (χ0) is 33.7. The molecule has 45 heavy (non-hydrogen) atoms. The summed E-state index contributed by atoms with van der Waals surface area (Å²) in [6.07, 6.45) is -0.00635. The van der Waals surface area contributed by atoms with Crippen LogP contribution in [0.25, 0.3) is 0 Å². The topological polar surface area (TPSA) is 183 Å². The maximum Gasteiger partial charge on any atom is 0.303 e. The number of thiophene rings is 1. The van der Waals surface area contributed by atoms with Gasteiger partial charge in [0.25, 0.3) is 0 Å². The van der Waals surface area contributed by atoms with E-state index in [0.717, 1.165) is 16.1 Å². The molecule has 1 aromatic heterocycles. The minimum atomic E-state index is -1.10. The molecule has 0 bridgehead atoms. The maximum absolute atomic E-state index is 13.8. The predicted molar refractivity (Wildman–Crippen MR) is 178 cm³/mol. The quantitative estimate of drug-likeness (QED) is 0.122. The number of aliphatic hydroxyl groups excluding tert-OH is 1. The molecule has 0 saturated carbocycles. The van der Waals surface area contributed by atoms with E-state index < -0.39 is 60.0 Å². The van der Waals surface area contributed by atoms with Gasteiger partial charge in [-0.05, 0) is 62.1 Å². The van der Waals surface area contributed by atoms with Gasteiger partial charge >= 0.3 is 5.97 Å². The fraction of sp³-hybridized carbons (Fsp3) is 0.576.